The van der Waals surface area contributed by atoms with E-state index in [9.17, 15) is 14.6 Å². The van der Waals surface area contributed by atoms with Crippen LogP contribution in [0.4, 0.5) is 0 Å². The fourth-order valence-electron chi connectivity index (χ4n) is 1.34. The first-order valence-electron chi connectivity index (χ1n) is 4.86. The van der Waals surface area contributed by atoms with Crippen LogP contribution in [0.25, 0.3) is 0 Å². The van der Waals surface area contributed by atoms with Gasteiger partial charge in [0.05, 0.1) is 12.3 Å². The van der Waals surface area contributed by atoms with Crippen molar-refractivity contribution in [3.63, 3.8) is 0 Å². The summed E-state index contributed by atoms with van der Waals surface area (Å²) in [6.07, 6.45) is -1.07. The van der Waals surface area contributed by atoms with Crippen molar-refractivity contribution in [2.24, 2.45) is 5.73 Å². The summed E-state index contributed by atoms with van der Waals surface area (Å²) in [7, 11) is -3.38. The highest BCUT2D eigenvalue weighted by Crippen LogP contribution is 2.44. The largest absolute Gasteiger partial charge is 0.391 e. The van der Waals surface area contributed by atoms with Crippen molar-refractivity contribution in [1.29, 1.82) is 0 Å². The van der Waals surface area contributed by atoms with Crippen molar-refractivity contribution in [3.05, 3.63) is 34.9 Å². The van der Waals surface area contributed by atoms with Gasteiger partial charge in [-0.15, -0.1) is 12.4 Å². The molecule has 0 spiro atoms. The average Bonchev–Trinajstić information content (AvgIpc) is 2.20. The van der Waals surface area contributed by atoms with Gasteiger partial charge >= 0.3 is 0 Å². The Kier molecular flexibility index (Phi) is 7.33. The molecule has 0 saturated carbocycles. The molecule has 0 fully saturated rings. The SMILES string of the molecule is Cl.NCC(O)CP(=O)(O)Cc1ccc(Cl)cc1. The van der Waals surface area contributed by atoms with E-state index in [0.717, 1.165) is 5.56 Å². The van der Waals surface area contributed by atoms with Gasteiger partial charge in [-0.3, -0.25) is 4.57 Å². The van der Waals surface area contributed by atoms with Crippen LogP contribution in [0.15, 0.2) is 24.3 Å². The van der Waals surface area contributed by atoms with Gasteiger partial charge in [0.2, 0.25) is 7.37 Å². The van der Waals surface area contributed by atoms with E-state index in [-0.39, 0.29) is 31.3 Å². The fourth-order valence-corrected chi connectivity index (χ4v) is 3.19. The van der Waals surface area contributed by atoms with Crippen molar-refractivity contribution in [2.75, 3.05) is 12.7 Å². The van der Waals surface area contributed by atoms with Gasteiger partial charge in [-0.05, 0) is 17.7 Å². The molecule has 0 aromatic heterocycles. The molecule has 0 aliphatic rings. The minimum atomic E-state index is -3.38. The summed E-state index contributed by atoms with van der Waals surface area (Å²) in [5.41, 5.74) is 5.91. The van der Waals surface area contributed by atoms with Gasteiger partial charge in [-0.25, -0.2) is 0 Å². The first-order chi connectivity index (χ1) is 7.43. The summed E-state index contributed by atoms with van der Waals surface area (Å²) in [5.74, 6) is 0. The van der Waals surface area contributed by atoms with Crippen LogP contribution in [0, 0.1) is 0 Å². The van der Waals surface area contributed by atoms with Crippen LogP contribution in [0.5, 0.6) is 0 Å². The highest BCUT2D eigenvalue weighted by molar-refractivity contribution is 7.57. The van der Waals surface area contributed by atoms with E-state index < -0.39 is 13.5 Å². The Balaban J connectivity index is 0.00000256. The Morgan fingerprint density at radius 1 is 1.35 bits per heavy atom. The maximum atomic E-state index is 11.7. The third-order valence-corrected chi connectivity index (χ3v) is 4.21. The topological polar surface area (TPSA) is 83.5 Å². The Morgan fingerprint density at radius 3 is 2.35 bits per heavy atom. The molecule has 98 valence electrons. The van der Waals surface area contributed by atoms with Crippen molar-refractivity contribution >= 4 is 31.4 Å². The summed E-state index contributed by atoms with van der Waals surface area (Å²) in [4.78, 5) is 9.65. The van der Waals surface area contributed by atoms with E-state index in [2.05, 4.69) is 0 Å². The Labute approximate surface area is 112 Å². The van der Waals surface area contributed by atoms with Crippen LogP contribution >= 0.6 is 31.4 Å². The standard InChI is InChI=1S/C10H15ClNO3P.ClH/c11-9-3-1-8(2-4-9)6-16(14,15)7-10(13)5-12;/h1-4,10,13H,5-7,12H2,(H,14,15);1H. The molecule has 4 N–H and O–H groups in total. The number of benzene rings is 1. The monoisotopic (exact) mass is 299 g/mol. The van der Waals surface area contributed by atoms with Gasteiger partial charge in [-0.1, -0.05) is 23.7 Å². The molecule has 0 amide bonds. The molecule has 0 aliphatic heterocycles. The van der Waals surface area contributed by atoms with E-state index >= 15 is 0 Å². The number of hydrogen-bond acceptors (Lipinski definition) is 3. The Morgan fingerprint density at radius 2 is 1.88 bits per heavy atom. The van der Waals surface area contributed by atoms with Crippen LogP contribution in [0.3, 0.4) is 0 Å². The van der Waals surface area contributed by atoms with E-state index in [1.165, 1.54) is 0 Å². The summed E-state index contributed by atoms with van der Waals surface area (Å²) in [6.45, 7) is -0.00876. The fraction of sp³-hybridized carbons (Fsp3) is 0.400. The first-order valence-corrected chi connectivity index (χ1v) is 7.27. The van der Waals surface area contributed by atoms with Gasteiger partial charge in [0.1, 0.15) is 0 Å². The molecule has 0 aliphatic carbocycles. The molecule has 0 heterocycles. The molecule has 0 radical (unpaired) electrons. The molecule has 1 aromatic rings. The molecular formula is C10H16Cl2NO3P. The maximum Gasteiger partial charge on any atom is 0.207 e. The van der Waals surface area contributed by atoms with Gasteiger partial charge in [0.25, 0.3) is 0 Å². The number of aliphatic hydroxyl groups is 1. The highest BCUT2D eigenvalue weighted by Gasteiger charge is 2.22. The lowest BCUT2D eigenvalue weighted by molar-refractivity contribution is 0.202. The number of nitrogens with two attached hydrogens (primary N) is 1. The van der Waals surface area contributed by atoms with E-state index in [1.807, 2.05) is 0 Å². The van der Waals surface area contributed by atoms with Gasteiger partial charge in [-0.2, -0.15) is 0 Å². The second-order valence-electron chi connectivity index (χ2n) is 3.70. The lowest BCUT2D eigenvalue weighted by Crippen LogP contribution is -2.23. The number of hydrogen-bond donors (Lipinski definition) is 3. The summed E-state index contributed by atoms with van der Waals surface area (Å²) in [5, 5.41) is 9.82. The minimum Gasteiger partial charge on any atom is -0.391 e. The molecule has 0 bridgehead atoms. The molecular weight excluding hydrogens is 284 g/mol. The van der Waals surface area contributed by atoms with Crippen molar-refractivity contribution in [3.8, 4) is 0 Å². The lowest BCUT2D eigenvalue weighted by atomic mass is 10.2. The van der Waals surface area contributed by atoms with Crippen LogP contribution in [-0.4, -0.2) is 28.8 Å². The molecule has 0 saturated heterocycles. The first kappa shape index (κ1) is 16.9. The van der Waals surface area contributed by atoms with Gasteiger partial charge in [0.15, 0.2) is 0 Å². The summed E-state index contributed by atoms with van der Waals surface area (Å²) >= 11 is 5.70. The van der Waals surface area contributed by atoms with Crippen LogP contribution in [0.1, 0.15) is 5.56 Å². The van der Waals surface area contributed by atoms with Crippen molar-refractivity contribution in [2.45, 2.75) is 12.3 Å². The van der Waals surface area contributed by atoms with Crippen LogP contribution in [0.2, 0.25) is 5.02 Å². The van der Waals surface area contributed by atoms with Gasteiger partial charge in [0, 0.05) is 17.7 Å². The van der Waals surface area contributed by atoms with Crippen molar-refractivity contribution in [1.82, 2.24) is 0 Å². The smallest absolute Gasteiger partial charge is 0.207 e. The molecule has 2 unspecified atom stereocenters. The third kappa shape index (κ3) is 6.41. The third-order valence-electron chi connectivity index (χ3n) is 2.11. The second kappa shape index (κ2) is 7.37. The molecule has 2 atom stereocenters. The van der Waals surface area contributed by atoms with Gasteiger partial charge < -0.3 is 15.7 Å². The van der Waals surface area contributed by atoms with E-state index in [1.54, 1.807) is 24.3 Å². The van der Waals surface area contributed by atoms with Crippen molar-refractivity contribution < 1.29 is 14.6 Å². The highest BCUT2D eigenvalue weighted by atomic mass is 35.5. The lowest BCUT2D eigenvalue weighted by Gasteiger charge is -2.14. The zero-order valence-electron chi connectivity index (χ0n) is 9.12. The predicted molar refractivity (Wildman–Crippen MR) is 72.2 cm³/mol. The number of rotatable bonds is 5. The maximum absolute atomic E-state index is 11.7. The molecule has 17 heavy (non-hydrogen) atoms. The normalized spacial score (nSPS) is 15.8. The predicted octanol–water partition coefficient (Wildman–Crippen LogP) is 1.85. The Hall–Kier alpha value is -0.0900. The summed E-state index contributed by atoms with van der Waals surface area (Å²) < 4.78 is 11.7. The number of halogens is 2. The zero-order valence-corrected chi connectivity index (χ0v) is 11.6. The second-order valence-corrected chi connectivity index (χ2v) is 6.51. The van der Waals surface area contributed by atoms with Crippen LogP contribution in [-0.2, 0) is 10.7 Å². The zero-order chi connectivity index (χ0) is 12.2. The van der Waals surface area contributed by atoms with E-state index in [0.29, 0.717) is 5.02 Å². The Bertz CT molecular complexity index is 386. The van der Waals surface area contributed by atoms with Crippen LogP contribution < -0.4 is 5.73 Å². The average molecular weight is 300 g/mol. The summed E-state index contributed by atoms with van der Waals surface area (Å²) in [6, 6.07) is 6.71. The van der Waals surface area contributed by atoms with E-state index in [4.69, 9.17) is 17.3 Å². The molecule has 7 heteroatoms. The molecule has 1 aromatic carbocycles. The minimum absolute atomic E-state index is 0. The molecule has 1 rings (SSSR count). The number of aliphatic hydroxyl groups excluding tert-OH is 1. The molecule has 4 nitrogen and oxygen atoms in total. The quantitative estimate of drug-likeness (QED) is 0.725.